The van der Waals surface area contributed by atoms with Crippen LogP contribution in [0.25, 0.3) is 0 Å². The quantitative estimate of drug-likeness (QED) is 0.679. The molecule has 3 atom stereocenters. The molecule has 1 N–H and O–H groups in total. The summed E-state index contributed by atoms with van der Waals surface area (Å²) in [7, 11) is 0. The highest BCUT2D eigenvalue weighted by molar-refractivity contribution is 5.72. The molecule has 0 aromatic carbocycles. The first-order chi connectivity index (χ1) is 12.3. The summed E-state index contributed by atoms with van der Waals surface area (Å²) in [6, 6.07) is 0.986. The third kappa shape index (κ3) is 7.12. The van der Waals surface area contributed by atoms with Gasteiger partial charge in [-0.1, -0.05) is 0 Å². The number of carbonyl (C=O) groups excluding carboxylic acids is 1. The largest absolute Gasteiger partial charge is 0.376 e. The Morgan fingerprint density at radius 2 is 1.65 bits per heavy atom. The first-order valence-electron chi connectivity index (χ1n) is 9.92. The third-order valence-corrected chi connectivity index (χ3v) is 5.08. The number of amides is 1. The molecule has 152 valence electrons. The highest BCUT2D eigenvalue weighted by atomic mass is 16.6. The van der Waals surface area contributed by atoms with Crippen LogP contribution in [-0.4, -0.2) is 98.6 Å². The molecule has 7 heteroatoms. The van der Waals surface area contributed by atoms with Crippen molar-refractivity contribution in [3.63, 3.8) is 0 Å². The van der Waals surface area contributed by atoms with E-state index in [1.807, 2.05) is 0 Å². The summed E-state index contributed by atoms with van der Waals surface area (Å²) in [5.74, 6) is -0.0211. The van der Waals surface area contributed by atoms with E-state index in [9.17, 15) is 4.79 Å². The lowest BCUT2D eigenvalue weighted by Crippen LogP contribution is -2.54. The van der Waals surface area contributed by atoms with Crippen LogP contribution in [0.1, 0.15) is 34.6 Å². The van der Waals surface area contributed by atoms with Crippen molar-refractivity contribution in [2.24, 2.45) is 0 Å². The van der Waals surface area contributed by atoms with Crippen LogP contribution in [0.4, 0.5) is 0 Å². The number of morpholine rings is 2. The van der Waals surface area contributed by atoms with Gasteiger partial charge in [-0.05, 0) is 27.7 Å². The zero-order chi connectivity index (χ0) is 19.1. The monoisotopic (exact) mass is 371 g/mol. The van der Waals surface area contributed by atoms with Crippen molar-refractivity contribution < 1.29 is 19.0 Å². The molecule has 0 aromatic heterocycles. The molecule has 0 bridgehead atoms. The number of hydrogen-bond acceptors (Lipinski definition) is 6. The van der Waals surface area contributed by atoms with Gasteiger partial charge in [0.25, 0.3) is 0 Å². The molecule has 2 aliphatic rings. The molecule has 7 nitrogen and oxygen atoms in total. The van der Waals surface area contributed by atoms with E-state index in [0.29, 0.717) is 31.8 Å². The molecule has 2 heterocycles. The molecule has 0 aliphatic carbocycles. The number of hydrogen-bond donors (Lipinski definition) is 1. The van der Waals surface area contributed by atoms with E-state index < -0.39 is 0 Å². The van der Waals surface area contributed by atoms with Gasteiger partial charge in [0.15, 0.2) is 0 Å². The van der Waals surface area contributed by atoms with Crippen LogP contribution >= 0.6 is 0 Å². The fourth-order valence-electron chi connectivity index (χ4n) is 3.48. The van der Waals surface area contributed by atoms with Crippen LogP contribution in [-0.2, 0) is 19.0 Å². The van der Waals surface area contributed by atoms with Crippen molar-refractivity contribution in [2.75, 3.05) is 52.5 Å². The van der Waals surface area contributed by atoms with Crippen LogP contribution in [0.15, 0.2) is 0 Å². The fourth-order valence-corrected chi connectivity index (χ4v) is 3.48. The maximum absolute atomic E-state index is 11.2. The van der Waals surface area contributed by atoms with Crippen molar-refractivity contribution >= 4 is 5.91 Å². The Kier molecular flexibility index (Phi) is 8.76. The Morgan fingerprint density at radius 1 is 1.04 bits per heavy atom. The minimum Gasteiger partial charge on any atom is -0.376 e. The highest BCUT2D eigenvalue weighted by Crippen LogP contribution is 2.15. The maximum Gasteiger partial charge on any atom is 0.216 e. The molecular formula is C19H37N3O4. The second kappa shape index (κ2) is 10.6. The van der Waals surface area contributed by atoms with Crippen molar-refractivity contribution in [3.05, 3.63) is 0 Å². The molecule has 3 unspecified atom stereocenters. The topological polar surface area (TPSA) is 63.3 Å². The molecule has 2 fully saturated rings. The van der Waals surface area contributed by atoms with E-state index in [0.717, 1.165) is 32.8 Å². The van der Waals surface area contributed by atoms with Crippen LogP contribution in [0.2, 0.25) is 0 Å². The van der Waals surface area contributed by atoms with E-state index >= 15 is 0 Å². The van der Waals surface area contributed by atoms with Gasteiger partial charge in [-0.15, -0.1) is 0 Å². The molecule has 2 saturated heterocycles. The molecule has 2 aliphatic heterocycles. The Balaban J connectivity index is 1.76. The van der Waals surface area contributed by atoms with Crippen molar-refractivity contribution in [3.8, 4) is 0 Å². The molecule has 26 heavy (non-hydrogen) atoms. The van der Waals surface area contributed by atoms with Crippen molar-refractivity contribution in [1.82, 2.24) is 15.1 Å². The van der Waals surface area contributed by atoms with Gasteiger partial charge in [0.05, 0.1) is 38.1 Å². The summed E-state index contributed by atoms with van der Waals surface area (Å²) in [5, 5.41) is 2.86. The molecule has 1 amide bonds. The van der Waals surface area contributed by atoms with E-state index in [1.54, 1.807) is 0 Å². The van der Waals surface area contributed by atoms with Crippen LogP contribution in [0.3, 0.4) is 0 Å². The number of nitrogens with zero attached hydrogens (tertiary/aromatic N) is 2. The van der Waals surface area contributed by atoms with Gasteiger partial charge in [0.2, 0.25) is 5.91 Å². The minimum absolute atomic E-state index is 0.00557. The van der Waals surface area contributed by atoms with Crippen LogP contribution < -0.4 is 5.32 Å². The van der Waals surface area contributed by atoms with Gasteiger partial charge in [-0.25, -0.2) is 0 Å². The van der Waals surface area contributed by atoms with E-state index in [2.05, 4.69) is 42.8 Å². The minimum atomic E-state index is -0.0211. The zero-order valence-corrected chi connectivity index (χ0v) is 17.1. The van der Waals surface area contributed by atoms with Gasteiger partial charge in [-0.2, -0.15) is 0 Å². The van der Waals surface area contributed by atoms with Gasteiger partial charge in [0.1, 0.15) is 0 Å². The predicted octanol–water partition coefficient (Wildman–Crippen LogP) is 0.726. The van der Waals surface area contributed by atoms with Gasteiger partial charge in [-0.3, -0.25) is 14.6 Å². The van der Waals surface area contributed by atoms with Gasteiger partial charge in [0, 0.05) is 51.7 Å². The summed E-state index contributed by atoms with van der Waals surface area (Å²) in [4.78, 5) is 16.0. The van der Waals surface area contributed by atoms with Crippen molar-refractivity contribution in [2.45, 2.75) is 65.0 Å². The molecular weight excluding hydrogens is 334 g/mol. The van der Waals surface area contributed by atoms with Crippen molar-refractivity contribution in [1.29, 1.82) is 0 Å². The highest BCUT2D eigenvalue weighted by Gasteiger charge is 2.30. The average Bonchev–Trinajstić information content (AvgIpc) is 2.60. The maximum atomic E-state index is 11.2. The summed E-state index contributed by atoms with van der Waals surface area (Å²) in [5.41, 5.74) is 0. The van der Waals surface area contributed by atoms with Gasteiger partial charge < -0.3 is 19.5 Å². The Hall–Kier alpha value is -0.730. The average molecular weight is 372 g/mol. The fraction of sp³-hybridized carbons (Fsp3) is 0.947. The second-order valence-corrected chi connectivity index (χ2v) is 7.98. The number of ether oxygens (including phenoxy) is 3. The lowest BCUT2D eigenvalue weighted by molar-refractivity contribution is -0.136. The predicted molar refractivity (Wildman–Crippen MR) is 101 cm³/mol. The first kappa shape index (κ1) is 21.6. The molecule has 0 spiro atoms. The standard InChI is InChI=1S/C19H37N3O4/c1-14(2)21-6-7-25-18(10-21)12-24-13-19-11-22(15(3)4)9-17(26-19)8-20-16(5)23/h14-15,17-19H,6-13H2,1-5H3,(H,20,23). The zero-order valence-electron chi connectivity index (χ0n) is 17.1. The summed E-state index contributed by atoms with van der Waals surface area (Å²) in [6.45, 7) is 16.4. The first-order valence-corrected chi connectivity index (χ1v) is 9.92. The van der Waals surface area contributed by atoms with E-state index in [-0.39, 0.29) is 24.2 Å². The normalized spacial score (nSPS) is 28.7. The number of carbonyl (C=O) groups is 1. The van der Waals surface area contributed by atoms with E-state index in [4.69, 9.17) is 14.2 Å². The molecule has 0 radical (unpaired) electrons. The third-order valence-electron chi connectivity index (χ3n) is 5.08. The Labute approximate surface area is 158 Å². The Bertz CT molecular complexity index is 433. The molecule has 2 rings (SSSR count). The number of rotatable bonds is 8. The van der Waals surface area contributed by atoms with Crippen LogP contribution in [0.5, 0.6) is 0 Å². The lowest BCUT2D eigenvalue weighted by Gasteiger charge is -2.40. The SMILES string of the molecule is CC(=O)NCC1CN(C(C)C)CC(COCC2CN(C(C)C)CCO2)O1. The summed E-state index contributed by atoms with van der Waals surface area (Å²) in [6.07, 6.45) is 0.159. The molecule has 0 aromatic rings. The second-order valence-electron chi connectivity index (χ2n) is 7.98. The van der Waals surface area contributed by atoms with Crippen LogP contribution in [0, 0.1) is 0 Å². The van der Waals surface area contributed by atoms with Gasteiger partial charge >= 0.3 is 0 Å². The smallest absolute Gasteiger partial charge is 0.216 e. The Morgan fingerprint density at radius 3 is 2.31 bits per heavy atom. The molecule has 0 saturated carbocycles. The summed E-state index contributed by atoms with van der Waals surface area (Å²) >= 11 is 0. The number of nitrogens with one attached hydrogen (secondary N) is 1. The van der Waals surface area contributed by atoms with E-state index in [1.165, 1.54) is 6.92 Å². The lowest BCUT2D eigenvalue weighted by atomic mass is 10.1. The summed E-state index contributed by atoms with van der Waals surface area (Å²) < 4.78 is 17.9.